The third kappa shape index (κ3) is 2.72. The molecule has 0 aromatic carbocycles. The summed E-state index contributed by atoms with van der Waals surface area (Å²) in [6, 6.07) is 0.999. The Kier molecular flexibility index (Phi) is 4.52. The lowest BCUT2D eigenvalue weighted by Gasteiger charge is -2.36. The molecule has 10 nitrogen and oxygen atoms in total. The number of aliphatic hydroxyl groups excluding tert-OH is 4. The van der Waals surface area contributed by atoms with Gasteiger partial charge in [-0.15, -0.1) is 0 Å². The Hall–Kier alpha value is -1.56. The second-order valence-corrected chi connectivity index (χ2v) is 5.38. The first-order chi connectivity index (χ1) is 10.2. The maximum Gasteiger partial charge on any atom is 0.330 e. The first-order valence-corrected chi connectivity index (χ1v) is 6.54. The number of hydrogen-bond donors (Lipinski definition) is 6. The van der Waals surface area contributed by atoms with Gasteiger partial charge in [-0.25, -0.2) is 4.79 Å². The zero-order chi connectivity index (χ0) is 16.7. The zero-order valence-corrected chi connectivity index (χ0v) is 11.7. The smallest absolute Gasteiger partial charge is 0.330 e. The number of nitrogens with zero attached hydrogens (tertiary/aromatic N) is 1. The van der Waals surface area contributed by atoms with E-state index in [1.165, 1.54) is 0 Å². The summed E-state index contributed by atoms with van der Waals surface area (Å²) in [7, 11) is 0. The minimum Gasteiger partial charge on any atom is -0.394 e. The SMILES string of the molecule is C[C@@]1(O)[C@H](O)[C@H](O)[C@H](O)[C@@H](CO)O[C@H]1n1ccc(=O)[nH]c1=O. The van der Waals surface area contributed by atoms with Gasteiger partial charge in [0.2, 0.25) is 0 Å². The van der Waals surface area contributed by atoms with Crippen LogP contribution in [0.2, 0.25) is 0 Å². The molecule has 1 aromatic heterocycles. The van der Waals surface area contributed by atoms with Crippen LogP contribution in [-0.2, 0) is 4.74 Å². The summed E-state index contributed by atoms with van der Waals surface area (Å²) in [5, 5.41) is 49.4. The first kappa shape index (κ1) is 16.8. The van der Waals surface area contributed by atoms with Crippen LogP contribution < -0.4 is 11.2 Å². The van der Waals surface area contributed by atoms with Gasteiger partial charge in [-0.3, -0.25) is 14.3 Å². The lowest BCUT2D eigenvalue weighted by atomic mass is 9.90. The van der Waals surface area contributed by atoms with Crippen molar-refractivity contribution in [3.8, 4) is 0 Å². The van der Waals surface area contributed by atoms with E-state index in [-0.39, 0.29) is 0 Å². The summed E-state index contributed by atoms with van der Waals surface area (Å²) in [5.41, 5.74) is -3.78. The van der Waals surface area contributed by atoms with Crippen LogP contribution in [0.1, 0.15) is 13.2 Å². The molecule has 0 unspecified atom stereocenters. The molecule has 0 spiro atoms. The Morgan fingerprint density at radius 3 is 2.50 bits per heavy atom. The molecule has 0 aliphatic carbocycles. The van der Waals surface area contributed by atoms with Crippen molar-refractivity contribution in [3.63, 3.8) is 0 Å². The molecule has 1 aliphatic rings. The van der Waals surface area contributed by atoms with Gasteiger partial charge in [0.15, 0.2) is 6.23 Å². The van der Waals surface area contributed by atoms with Gasteiger partial charge in [-0.05, 0) is 6.92 Å². The third-order valence-corrected chi connectivity index (χ3v) is 3.74. The molecule has 0 radical (unpaired) electrons. The molecule has 6 N–H and O–H groups in total. The van der Waals surface area contributed by atoms with E-state index in [1.807, 2.05) is 4.98 Å². The van der Waals surface area contributed by atoms with E-state index in [9.17, 15) is 35.1 Å². The zero-order valence-electron chi connectivity index (χ0n) is 11.7. The van der Waals surface area contributed by atoms with Crippen molar-refractivity contribution in [2.24, 2.45) is 0 Å². The maximum absolute atomic E-state index is 11.9. The molecule has 2 heterocycles. The van der Waals surface area contributed by atoms with E-state index in [2.05, 4.69) is 0 Å². The van der Waals surface area contributed by atoms with Crippen molar-refractivity contribution < 1.29 is 30.3 Å². The van der Waals surface area contributed by atoms with Crippen LogP contribution in [0.15, 0.2) is 21.9 Å². The number of aromatic nitrogens is 2. The van der Waals surface area contributed by atoms with Crippen LogP contribution in [0.4, 0.5) is 0 Å². The van der Waals surface area contributed by atoms with Crippen LogP contribution in [0, 0.1) is 0 Å². The van der Waals surface area contributed by atoms with E-state index in [4.69, 9.17) is 4.74 Å². The summed E-state index contributed by atoms with van der Waals surface area (Å²) in [6.07, 6.45) is -7.25. The Bertz CT molecular complexity index is 639. The average molecular weight is 318 g/mol. The summed E-state index contributed by atoms with van der Waals surface area (Å²) in [6.45, 7) is 0.366. The lowest BCUT2D eigenvalue weighted by Crippen LogP contribution is -2.54. The predicted octanol–water partition coefficient (Wildman–Crippen LogP) is -3.74. The molecule has 0 amide bonds. The fourth-order valence-corrected chi connectivity index (χ4v) is 2.39. The molecular weight excluding hydrogens is 300 g/mol. The van der Waals surface area contributed by atoms with Crippen molar-refractivity contribution in [1.29, 1.82) is 0 Å². The van der Waals surface area contributed by atoms with E-state index in [0.29, 0.717) is 0 Å². The second-order valence-electron chi connectivity index (χ2n) is 5.38. The number of aromatic amines is 1. The van der Waals surface area contributed by atoms with Crippen LogP contribution in [-0.4, -0.2) is 71.7 Å². The molecule has 124 valence electrons. The fraction of sp³-hybridized carbons (Fsp3) is 0.667. The van der Waals surface area contributed by atoms with E-state index in [0.717, 1.165) is 23.8 Å². The number of ether oxygens (including phenoxy) is 1. The summed E-state index contributed by atoms with van der Waals surface area (Å²) in [4.78, 5) is 24.9. The van der Waals surface area contributed by atoms with Crippen molar-refractivity contribution in [1.82, 2.24) is 9.55 Å². The minimum absolute atomic E-state index is 0.672. The maximum atomic E-state index is 11.9. The third-order valence-electron chi connectivity index (χ3n) is 3.74. The molecule has 1 aromatic rings. The number of hydrogen-bond acceptors (Lipinski definition) is 8. The molecule has 1 aliphatic heterocycles. The summed E-state index contributed by atoms with van der Waals surface area (Å²) >= 11 is 0. The molecule has 2 rings (SSSR count). The lowest BCUT2D eigenvalue weighted by molar-refractivity contribution is -0.200. The Morgan fingerprint density at radius 1 is 1.32 bits per heavy atom. The van der Waals surface area contributed by atoms with Gasteiger partial charge in [0, 0.05) is 12.3 Å². The second kappa shape index (κ2) is 5.91. The summed E-state index contributed by atoms with van der Waals surface area (Å²) < 4.78 is 6.10. The van der Waals surface area contributed by atoms with E-state index >= 15 is 0 Å². The van der Waals surface area contributed by atoms with Crippen molar-refractivity contribution >= 4 is 0 Å². The molecule has 10 heteroatoms. The quantitative estimate of drug-likeness (QED) is 0.324. The molecule has 1 saturated heterocycles. The van der Waals surface area contributed by atoms with Gasteiger partial charge >= 0.3 is 5.69 Å². The standard InChI is InChI=1S/C12H18N2O8/c1-12(21)9(19)8(18)7(17)5(4-15)22-10(12)14-3-2-6(16)13-11(14)20/h2-3,5,7-10,15,17-19,21H,4H2,1H3,(H,13,16,20)/t5-,7-,8-,9-,10-,12-/m1/s1. The van der Waals surface area contributed by atoms with Gasteiger partial charge in [0.05, 0.1) is 6.61 Å². The minimum atomic E-state index is -2.19. The molecule has 0 bridgehead atoms. The number of nitrogens with one attached hydrogen (secondary N) is 1. The summed E-state index contributed by atoms with van der Waals surface area (Å²) in [5.74, 6) is 0. The van der Waals surface area contributed by atoms with Crippen LogP contribution >= 0.6 is 0 Å². The Morgan fingerprint density at radius 2 is 1.95 bits per heavy atom. The van der Waals surface area contributed by atoms with Crippen molar-refractivity contribution in [2.75, 3.05) is 6.61 Å². The van der Waals surface area contributed by atoms with Crippen molar-refractivity contribution in [3.05, 3.63) is 33.1 Å². The van der Waals surface area contributed by atoms with Gasteiger partial charge in [-0.1, -0.05) is 0 Å². The van der Waals surface area contributed by atoms with Gasteiger partial charge in [0.1, 0.15) is 30.0 Å². The van der Waals surface area contributed by atoms with Crippen LogP contribution in [0.5, 0.6) is 0 Å². The topological polar surface area (TPSA) is 165 Å². The van der Waals surface area contributed by atoms with Crippen LogP contribution in [0.25, 0.3) is 0 Å². The monoisotopic (exact) mass is 318 g/mol. The van der Waals surface area contributed by atoms with Crippen molar-refractivity contribution in [2.45, 2.75) is 43.2 Å². The van der Waals surface area contributed by atoms with Gasteiger partial charge in [0.25, 0.3) is 5.56 Å². The molecular formula is C12H18N2O8. The normalized spacial score (nSPS) is 39.5. The van der Waals surface area contributed by atoms with Crippen LogP contribution in [0.3, 0.4) is 0 Å². The highest BCUT2D eigenvalue weighted by Crippen LogP contribution is 2.34. The highest BCUT2D eigenvalue weighted by Gasteiger charge is 2.52. The van der Waals surface area contributed by atoms with Gasteiger partial charge in [-0.2, -0.15) is 0 Å². The number of aliphatic hydroxyl groups is 5. The number of rotatable bonds is 2. The highest BCUT2D eigenvalue weighted by molar-refractivity contribution is 5.01. The molecule has 1 fully saturated rings. The van der Waals surface area contributed by atoms with E-state index < -0.39 is 54.1 Å². The molecule has 6 atom stereocenters. The molecule has 0 saturated carbocycles. The largest absolute Gasteiger partial charge is 0.394 e. The highest BCUT2D eigenvalue weighted by atomic mass is 16.6. The molecule has 22 heavy (non-hydrogen) atoms. The Labute approximate surface area is 123 Å². The predicted molar refractivity (Wildman–Crippen MR) is 71.0 cm³/mol. The average Bonchev–Trinajstić information content (AvgIpc) is 2.51. The number of H-pyrrole nitrogens is 1. The Balaban J connectivity index is 2.55. The first-order valence-electron chi connectivity index (χ1n) is 6.54. The van der Waals surface area contributed by atoms with Gasteiger partial charge < -0.3 is 30.3 Å². The fourth-order valence-electron chi connectivity index (χ4n) is 2.39. The van der Waals surface area contributed by atoms with E-state index in [1.54, 1.807) is 0 Å².